The Bertz CT molecular complexity index is 1360. The van der Waals surface area contributed by atoms with Crippen LogP contribution in [0.2, 0.25) is 0 Å². The number of aromatic nitrogens is 1. The van der Waals surface area contributed by atoms with E-state index in [1.807, 2.05) is 12.2 Å². The molecular formula is C27H22F2N4O3. The van der Waals surface area contributed by atoms with E-state index in [-0.39, 0.29) is 17.4 Å². The highest BCUT2D eigenvalue weighted by molar-refractivity contribution is 6.05. The van der Waals surface area contributed by atoms with Crippen molar-refractivity contribution in [3.05, 3.63) is 107 Å². The molecule has 5 rings (SSSR count). The van der Waals surface area contributed by atoms with E-state index < -0.39 is 35.4 Å². The van der Waals surface area contributed by atoms with E-state index in [9.17, 15) is 23.2 Å². The van der Waals surface area contributed by atoms with Crippen LogP contribution in [0.4, 0.5) is 14.5 Å². The number of anilines is 1. The second-order valence-electron chi connectivity index (χ2n) is 8.72. The fourth-order valence-corrected chi connectivity index (χ4v) is 4.58. The van der Waals surface area contributed by atoms with Crippen LogP contribution in [0.3, 0.4) is 0 Å². The summed E-state index contributed by atoms with van der Waals surface area (Å²) in [6, 6.07) is 12.3. The maximum Gasteiger partial charge on any atom is 0.252 e. The quantitative estimate of drug-likeness (QED) is 0.534. The second kappa shape index (κ2) is 9.69. The van der Waals surface area contributed by atoms with Crippen molar-refractivity contribution in [3.63, 3.8) is 0 Å². The van der Waals surface area contributed by atoms with Crippen molar-refractivity contribution in [2.24, 2.45) is 11.8 Å². The van der Waals surface area contributed by atoms with Gasteiger partial charge in [-0.2, -0.15) is 0 Å². The number of hydrogen-bond acceptors (Lipinski definition) is 4. The van der Waals surface area contributed by atoms with Crippen molar-refractivity contribution >= 4 is 23.4 Å². The molecule has 2 aliphatic rings. The largest absolute Gasteiger partial charge is 0.341 e. The Balaban J connectivity index is 1.42. The van der Waals surface area contributed by atoms with E-state index in [0.29, 0.717) is 29.7 Å². The number of fused-ring (bicyclic) bond motifs is 1. The third kappa shape index (κ3) is 4.47. The molecular weight excluding hydrogens is 466 g/mol. The first-order valence-corrected chi connectivity index (χ1v) is 11.5. The van der Waals surface area contributed by atoms with Crippen molar-refractivity contribution in [1.82, 2.24) is 15.7 Å². The molecule has 1 saturated heterocycles. The van der Waals surface area contributed by atoms with E-state index in [1.165, 1.54) is 23.3 Å². The van der Waals surface area contributed by atoms with Gasteiger partial charge >= 0.3 is 0 Å². The zero-order chi connectivity index (χ0) is 25.2. The summed E-state index contributed by atoms with van der Waals surface area (Å²) in [4.78, 5) is 43.0. The smallest absolute Gasteiger partial charge is 0.252 e. The number of nitrogens with one attached hydrogen (secondary N) is 2. The number of amides is 3. The first kappa shape index (κ1) is 23.3. The topological polar surface area (TPSA) is 91.4 Å². The van der Waals surface area contributed by atoms with Gasteiger partial charge in [-0.3, -0.25) is 24.8 Å². The zero-order valence-corrected chi connectivity index (χ0v) is 19.0. The summed E-state index contributed by atoms with van der Waals surface area (Å²) in [5.41, 5.74) is 4.12. The second-order valence-corrected chi connectivity index (χ2v) is 8.72. The van der Waals surface area contributed by atoms with Gasteiger partial charge in [0.05, 0.1) is 23.6 Å². The van der Waals surface area contributed by atoms with Gasteiger partial charge in [0, 0.05) is 18.0 Å². The molecule has 3 atom stereocenters. The summed E-state index contributed by atoms with van der Waals surface area (Å²) in [6.07, 6.45) is 7.89. The van der Waals surface area contributed by atoms with E-state index >= 15 is 0 Å². The van der Waals surface area contributed by atoms with Crippen molar-refractivity contribution in [2.45, 2.75) is 18.9 Å². The van der Waals surface area contributed by atoms with Gasteiger partial charge in [-0.1, -0.05) is 30.4 Å². The van der Waals surface area contributed by atoms with Crippen molar-refractivity contribution in [1.29, 1.82) is 0 Å². The average molecular weight is 488 g/mol. The molecule has 1 fully saturated rings. The van der Waals surface area contributed by atoms with Crippen molar-refractivity contribution in [2.75, 3.05) is 5.01 Å². The van der Waals surface area contributed by atoms with Crippen LogP contribution in [0.15, 0.2) is 79.1 Å². The predicted octanol–water partition coefficient (Wildman–Crippen LogP) is 3.84. The number of pyridine rings is 1. The number of nitrogens with zero attached hydrogens (tertiary/aromatic N) is 2. The minimum atomic E-state index is -1.03. The molecule has 1 aliphatic carbocycles. The number of carbonyl (C=O) groups excluding carboxylic acids is 3. The van der Waals surface area contributed by atoms with E-state index in [2.05, 4.69) is 15.7 Å². The molecule has 2 heterocycles. The Kier molecular flexibility index (Phi) is 6.28. The highest BCUT2D eigenvalue weighted by Gasteiger charge is 2.42. The maximum absolute atomic E-state index is 14.0. The van der Waals surface area contributed by atoms with Crippen LogP contribution in [-0.4, -0.2) is 22.7 Å². The predicted molar refractivity (Wildman–Crippen MR) is 127 cm³/mol. The molecule has 3 unspecified atom stereocenters. The Morgan fingerprint density at radius 3 is 2.53 bits per heavy atom. The summed E-state index contributed by atoms with van der Waals surface area (Å²) in [6.45, 7) is 0. The monoisotopic (exact) mass is 488 g/mol. The molecule has 2 N–H and O–H groups in total. The number of hydrazine groups is 1. The molecule has 2 aromatic carbocycles. The van der Waals surface area contributed by atoms with Crippen molar-refractivity contribution < 1.29 is 23.2 Å². The number of rotatable bonds is 5. The molecule has 0 radical (unpaired) electrons. The highest BCUT2D eigenvalue weighted by atomic mass is 19.2. The van der Waals surface area contributed by atoms with Crippen LogP contribution in [-0.2, 0) is 9.59 Å². The minimum absolute atomic E-state index is 0.219. The third-order valence-electron chi connectivity index (χ3n) is 6.47. The molecule has 3 aromatic rings. The van der Waals surface area contributed by atoms with Gasteiger partial charge in [0.1, 0.15) is 0 Å². The SMILES string of the molecule is O=C(NC(c1cccnc1)c1ccc(F)c(F)c1)c1cccc(N2NC(=O)C3CC=CCC3C2=O)c1. The zero-order valence-electron chi connectivity index (χ0n) is 19.0. The summed E-state index contributed by atoms with van der Waals surface area (Å²) in [5.74, 6) is -3.87. The van der Waals surface area contributed by atoms with Gasteiger partial charge < -0.3 is 5.32 Å². The van der Waals surface area contributed by atoms with E-state index in [0.717, 1.165) is 12.1 Å². The van der Waals surface area contributed by atoms with Crippen LogP contribution in [0.1, 0.15) is 40.4 Å². The fourth-order valence-electron chi connectivity index (χ4n) is 4.58. The molecule has 0 spiro atoms. The lowest BCUT2D eigenvalue weighted by molar-refractivity contribution is -0.139. The lowest BCUT2D eigenvalue weighted by Gasteiger charge is -2.38. The first-order chi connectivity index (χ1) is 17.4. The van der Waals surface area contributed by atoms with Crippen LogP contribution < -0.4 is 15.8 Å². The van der Waals surface area contributed by atoms with Gasteiger partial charge in [0.25, 0.3) is 5.91 Å². The van der Waals surface area contributed by atoms with Crippen LogP contribution in [0, 0.1) is 23.5 Å². The summed E-state index contributed by atoms with van der Waals surface area (Å²) < 4.78 is 27.5. The Labute approximate surface area is 205 Å². The van der Waals surface area contributed by atoms with Gasteiger partial charge in [0.2, 0.25) is 11.8 Å². The normalized spacial score (nSPS) is 19.9. The molecule has 0 saturated carbocycles. The van der Waals surface area contributed by atoms with E-state index in [1.54, 1.807) is 36.5 Å². The molecule has 3 amide bonds. The maximum atomic E-state index is 14.0. The average Bonchev–Trinajstić information content (AvgIpc) is 2.91. The molecule has 36 heavy (non-hydrogen) atoms. The molecule has 9 heteroatoms. The number of hydrogen-bond donors (Lipinski definition) is 2. The highest BCUT2D eigenvalue weighted by Crippen LogP contribution is 2.32. The molecule has 7 nitrogen and oxygen atoms in total. The van der Waals surface area contributed by atoms with Crippen LogP contribution in [0.25, 0.3) is 0 Å². The fraction of sp³-hybridized carbons (Fsp3) is 0.185. The summed E-state index contributed by atoms with van der Waals surface area (Å²) in [7, 11) is 0. The third-order valence-corrected chi connectivity index (χ3v) is 6.47. The van der Waals surface area contributed by atoms with Crippen molar-refractivity contribution in [3.8, 4) is 0 Å². The number of allylic oxidation sites excluding steroid dienone is 2. The Morgan fingerprint density at radius 2 is 1.78 bits per heavy atom. The lowest BCUT2D eigenvalue weighted by Crippen LogP contribution is -2.59. The molecule has 0 bridgehead atoms. The number of carbonyl (C=O) groups is 3. The van der Waals surface area contributed by atoms with Gasteiger partial charge in [-0.05, 0) is 60.4 Å². The van der Waals surface area contributed by atoms with Gasteiger partial charge in [-0.25, -0.2) is 13.8 Å². The minimum Gasteiger partial charge on any atom is -0.341 e. The molecule has 1 aliphatic heterocycles. The summed E-state index contributed by atoms with van der Waals surface area (Å²) >= 11 is 0. The van der Waals surface area contributed by atoms with Gasteiger partial charge in [-0.15, -0.1) is 0 Å². The standard InChI is InChI=1S/C27H22F2N4O3/c28-22-11-10-16(14-23(22)29)24(18-6-4-12-30-15-18)31-25(34)17-5-3-7-19(13-17)33-27(36)21-9-2-1-8-20(21)26(35)32-33/h1-7,10-15,20-21,24H,8-9H2,(H,31,34)(H,32,35). The molecule has 182 valence electrons. The Morgan fingerprint density at radius 1 is 0.972 bits per heavy atom. The number of benzene rings is 2. The number of halogens is 2. The Hall–Kier alpha value is -4.40. The van der Waals surface area contributed by atoms with Gasteiger partial charge in [0.15, 0.2) is 11.6 Å². The van der Waals surface area contributed by atoms with Crippen LogP contribution in [0.5, 0.6) is 0 Å². The first-order valence-electron chi connectivity index (χ1n) is 11.5. The molecule has 1 aromatic heterocycles. The lowest BCUT2D eigenvalue weighted by atomic mass is 9.80. The van der Waals surface area contributed by atoms with Crippen LogP contribution >= 0.6 is 0 Å². The van der Waals surface area contributed by atoms with E-state index in [4.69, 9.17) is 0 Å². The summed E-state index contributed by atoms with van der Waals surface area (Å²) in [5, 5.41) is 4.03.